The van der Waals surface area contributed by atoms with Crippen molar-refractivity contribution in [2.75, 3.05) is 0 Å². The molecule has 0 radical (unpaired) electrons. The Morgan fingerprint density at radius 3 is 2.38 bits per heavy atom. The number of carbonyl (C=O) groups is 1. The number of hydrogen-bond donors (Lipinski definition) is 0. The number of pyridine rings is 2. The average molecular weight is 315 g/mol. The van der Waals surface area contributed by atoms with Crippen LogP contribution in [0.2, 0.25) is 5.15 Å². The molecular formula is C14H10ClF3N2O. The minimum atomic E-state index is -4.51. The first kappa shape index (κ1) is 15.4. The lowest BCUT2D eigenvalue weighted by Gasteiger charge is -2.15. The van der Waals surface area contributed by atoms with E-state index < -0.39 is 17.8 Å². The molecule has 0 aromatic carbocycles. The fourth-order valence-corrected chi connectivity index (χ4v) is 2.18. The zero-order valence-electron chi connectivity index (χ0n) is 10.9. The minimum Gasteiger partial charge on any atom is -0.299 e. The topological polar surface area (TPSA) is 42.9 Å². The van der Waals surface area contributed by atoms with Gasteiger partial charge in [-0.25, -0.2) is 4.98 Å². The maximum absolute atomic E-state index is 12.5. The Morgan fingerprint density at radius 2 is 1.90 bits per heavy atom. The summed E-state index contributed by atoms with van der Waals surface area (Å²) in [6.07, 6.45) is -2.02. The molecule has 0 saturated heterocycles. The summed E-state index contributed by atoms with van der Waals surface area (Å²) in [4.78, 5) is 19.0. The van der Waals surface area contributed by atoms with Crippen molar-refractivity contribution in [1.82, 2.24) is 9.97 Å². The molecule has 0 N–H and O–H groups in total. The molecule has 1 atom stereocenters. The number of halogens is 4. The maximum Gasteiger partial charge on any atom is 0.433 e. The normalized spacial score (nSPS) is 13.0. The molecule has 0 aliphatic rings. The molecule has 0 aliphatic carbocycles. The van der Waals surface area contributed by atoms with E-state index in [1.807, 2.05) is 0 Å². The average Bonchev–Trinajstić information content (AvgIpc) is 2.38. The van der Waals surface area contributed by atoms with Crippen LogP contribution < -0.4 is 0 Å². The van der Waals surface area contributed by atoms with E-state index in [1.165, 1.54) is 25.3 Å². The molecule has 3 nitrogen and oxygen atoms in total. The van der Waals surface area contributed by atoms with Crippen molar-refractivity contribution >= 4 is 17.4 Å². The van der Waals surface area contributed by atoms with Gasteiger partial charge in [-0.15, -0.1) is 0 Å². The van der Waals surface area contributed by atoms with Gasteiger partial charge in [0.1, 0.15) is 16.6 Å². The molecule has 110 valence electrons. The summed E-state index contributed by atoms with van der Waals surface area (Å²) in [5, 5.41) is 0.207. The first-order chi connectivity index (χ1) is 9.79. The Hall–Kier alpha value is -1.95. The summed E-state index contributed by atoms with van der Waals surface area (Å²) in [5.41, 5.74) is -0.0665. The second-order valence-electron chi connectivity index (χ2n) is 4.43. The van der Waals surface area contributed by atoms with Crippen LogP contribution in [0.3, 0.4) is 0 Å². The molecule has 0 aliphatic heterocycles. The van der Waals surface area contributed by atoms with E-state index in [4.69, 9.17) is 11.6 Å². The second-order valence-corrected chi connectivity index (χ2v) is 4.82. The van der Waals surface area contributed by atoms with Crippen LogP contribution in [0.15, 0.2) is 36.7 Å². The quantitative estimate of drug-likeness (QED) is 0.808. The predicted octanol–water partition coefficient (Wildman–Crippen LogP) is 3.87. The van der Waals surface area contributed by atoms with Gasteiger partial charge in [0, 0.05) is 12.4 Å². The summed E-state index contributed by atoms with van der Waals surface area (Å²) in [6.45, 7) is 1.36. The molecule has 0 saturated carbocycles. The van der Waals surface area contributed by atoms with Crippen molar-refractivity contribution in [1.29, 1.82) is 0 Å². The van der Waals surface area contributed by atoms with E-state index in [0.717, 1.165) is 12.3 Å². The predicted molar refractivity (Wildman–Crippen MR) is 71.0 cm³/mol. The van der Waals surface area contributed by atoms with E-state index in [2.05, 4.69) is 9.97 Å². The zero-order valence-corrected chi connectivity index (χ0v) is 11.6. The SMILES string of the molecule is CC(=O)C(c1ccc(C(F)(F)F)nc1)c1ccnc(Cl)c1. The van der Waals surface area contributed by atoms with Crippen LogP contribution in [0.1, 0.15) is 29.7 Å². The van der Waals surface area contributed by atoms with Crippen molar-refractivity contribution in [2.24, 2.45) is 0 Å². The molecule has 7 heteroatoms. The van der Waals surface area contributed by atoms with Gasteiger partial charge in [-0.1, -0.05) is 17.7 Å². The van der Waals surface area contributed by atoms with Crippen LogP contribution in [0.5, 0.6) is 0 Å². The maximum atomic E-state index is 12.5. The highest BCUT2D eigenvalue weighted by Crippen LogP contribution is 2.30. The van der Waals surface area contributed by atoms with Gasteiger partial charge in [0.2, 0.25) is 0 Å². The minimum absolute atomic E-state index is 0.207. The first-order valence-corrected chi connectivity index (χ1v) is 6.32. The van der Waals surface area contributed by atoms with Crippen LogP contribution in [0, 0.1) is 0 Å². The number of carbonyl (C=O) groups excluding carboxylic acids is 1. The van der Waals surface area contributed by atoms with E-state index >= 15 is 0 Å². The monoisotopic (exact) mass is 314 g/mol. The summed E-state index contributed by atoms with van der Waals surface area (Å²) < 4.78 is 37.5. The third-order valence-electron chi connectivity index (χ3n) is 2.90. The summed E-state index contributed by atoms with van der Waals surface area (Å²) in [7, 11) is 0. The molecule has 2 aromatic heterocycles. The van der Waals surface area contributed by atoms with Crippen molar-refractivity contribution in [3.05, 3.63) is 58.6 Å². The van der Waals surface area contributed by atoms with Crippen LogP contribution in [0.25, 0.3) is 0 Å². The number of alkyl halides is 3. The van der Waals surface area contributed by atoms with Gasteiger partial charge < -0.3 is 0 Å². The number of ketones is 1. The van der Waals surface area contributed by atoms with Crippen LogP contribution in [-0.2, 0) is 11.0 Å². The van der Waals surface area contributed by atoms with E-state index in [-0.39, 0.29) is 10.9 Å². The van der Waals surface area contributed by atoms with E-state index in [1.54, 1.807) is 6.07 Å². The highest BCUT2D eigenvalue weighted by molar-refractivity contribution is 6.29. The molecule has 2 heterocycles. The summed E-state index contributed by atoms with van der Waals surface area (Å²) in [6, 6.07) is 5.20. The molecule has 21 heavy (non-hydrogen) atoms. The zero-order chi connectivity index (χ0) is 15.6. The van der Waals surface area contributed by atoms with Crippen LogP contribution >= 0.6 is 11.6 Å². The highest BCUT2D eigenvalue weighted by atomic mass is 35.5. The first-order valence-electron chi connectivity index (χ1n) is 5.94. The summed E-state index contributed by atoms with van der Waals surface area (Å²) in [5.74, 6) is -0.945. The fourth-order valence-electron chi connectivity index (χ4n) is 2.00. The van der Waals surface area contributed by atoms with Gasteiger partial charge in [-0.3, -0.25) is 9.78 Å². The van der Waals surface area contributed by atoms with Crippen molar-refractivity contribution in [2.45, 2.75) is 19.0 Å². The van der Waals surface area contributed by atoms with Crippen LogP contribution in [0.4, 0.5) is 13.2 Å². The lowest BCUT2D eigenvalue weighted by atomic mass is 9.90. The molecule has 1 unspecified atom stereocenters. The Kier molecular flexibility index (Phi) is 4.27. The van der Waals surface area contributed by atoms with Gasteiger partial charge in [0.25, 0.3) is 0 Å². The highest BCUT2D eigenvalue weighted by Gasteiger charge is 2.32. The summed E-state index contributed by atoms with van der Waals surface area (Å²) >= 11 is 5.78. The Labute approximate surface area is 123 Å². The second kappa shape index (κ2) is 5.81. The molecule has 0 bridgehead atoms. The van der Waals surface area contributed by atoms with Gasteiger partial charge in [-0.2, -0.15) is 13.2 Å². The Balaban J connectivity index is 2.42. The number of nitrogens with zero attached hydrogens (tertiary/aromatic N) is 2. The number of Topliss-reactive ketones (excluding diaryl/α,β-unsaturated/α-hetero) is 1. The van der Waals surface area contributed by atoms with Crippen molar-refractivity contribution < 1.29 is 18.0 Å². The van der Waals surface area contributed by atoms with Gasteiger partial charge in [0.15, 0.2) is 0 Å². The molecule has 0 amide bonds. The third kappa shape index (κ3) is 3.58. The lowest BCUT2D eigenvalue weighted by Crippen LogP contribution is -2.13. The standard InChI is InChI=1S/C14H10ClF3N2O/c1-8(21)13(9-4-5-19-12(15)6-9)10-2-3-11(20-7-10)14(16,17)18/h2-7,13H,1H3. The number of rotatable bonds is 3. The van der Waals surface area contributed by atoms with Gasteiger partial charge in [0.05, 0.1) is 5.92 Å². The van der Waals surface area contributed by atoms with Crippen LogP contribution in [-0.4, -0.2) is 15.8 Å². The Bertz CT molecular complexity index is 656. The molecule has 0 spiro atoms. The lowest BCUT2D eigenvalue weighted by molar-refractivity contribution is -0.141. The van der Waals surface area contributed by atoms with E-state index in [0.29, 0.717) is 11.1 Å². The third-order valence-corrected chi connectivity index (χ3v) is 3.11. The largest absolute Gasteiger partial charge is 0.433 e. The van der Waals surface area contributed by atoms with Crippen molar-refractivity contribution in [3.63, 3.8) is 0 Å². The van der Waals surface area contributed by atoms with Gasteiger partial charge >= 0.3 is 6.18 Å². The number of aromatic nitrogens is 2. The Morgan fingerprint density at radius 1 is 1.19 bits per heavy atom. The van der Waals surface area contributed by atoms with Gasteiger partial charge in [-0.05, 0) is 36.2 Å². The smallest absolute Gasteiger partial charge is 0.299 e. The van der Waals surface area contributed by atoms with Crippen molar-refractivity contribution in [3.8, 4) is 0 Å². The molecule has 0 fully saturated rings. The number of hydrogen-bond acceptors (Lipinski definition) is 3. The fraction of sp³-hybridized carbons (Fsp3) is 0.214. The molecule has 2 rings (SSSR count). The molecule has 2 aromatic rings. The van der Waals surface area contributed by atoms with E-state index in [9.17, 15) is 18.0 Å². The molecular weight excluding hydrogens is 305 g/mol.